The molecular formula is C31H41N5O7. The molecule has 2 aliphatic heterocycles. The molecular weight excluding hydrogens is 554 g/mol. The van der Waals surface area contributed by atoms with E-state index in [1.165, 1.54) is 6.92 Å². The second-order valence-electron chi connectivity index (χ2n) is 10.1. The zero-order valence-corrected chi connectivity index (χ0v) is 24.7. The van der Waals surface area contributed by atoms with Crippen LogP contribution < -0.4 is 10.2 Å². The summed E-state index contributed by atoms with van der Waals surface area (Å²) in [5.74, 6) is -0.225. The molecule has 232 valence electrons. The van der Waals surface area contributed by atoms with Crippen LogP contribution in [0, 0.1) is 0 Å². The maximum absolute atomic E-state index is 13.4. The first-order valence-electron chi connectivity index (χ1n) is 14.7. The number of hydrogen-bond donors (Lipinski definition) is 1. The summed E-state index contributed by atoms with van der Waals surface area (Å²) in [6.45, 7) is 6.31. The van der Waals surface area contributed by atoms with Gasteiger partial charge in [-0.05, 0) is 17.2 Å². The van der Waals surface area contributed by atoms with Crippen LogP contribution in [-0.2, 0) is 39.9 Å². The van der Waals surface area contributed by atoms with E-state index in [2.05, 4.69) is 21.7 Å². The van der Waals surface area contributed by atoms with Gasteiger partial charge in [-0.25, -0.2) is 0 Å². The molecule has 0 spiro atoms. The normalized spacial score (nSPS) is 17.0. The summed E-state index contributed by atoms with van der Waals surface area (Å²) in [5, 5.41) is 13.9. The third kappa shape index (κ3) is 9.39. The van der Waals surface area contributed by atoms with Gasteiger partial charge in [0.1, 0.15) is 18.4 Å². The topological polar surface area (TPSA) is 131 Å². The van der Waals surface area contributed by atoms with Crippen molar-refractivity contribution in [3.8, 4) is 0 Å². The van der Waals surface area contributed by atoms with Gasteiger partial charge in [-0.3, -0.25) is 14.6 Å². The summed E-state index contributed by atoms with van der Waals surface area (Å²) in [4.78, 5) is 36.8. The van der Waals surface area contributed by atoms with E-state index in [1.54, 1.807) is 4.90 Å². The highest BCUT2D eigenvalue weighted by molar-refractivity contribution is 5.94. The number of anilines is 1. The van der Waals surface area contributed by atoms with Gasteiger partial charge in [0.05, 0.1) is 65.9 Å². The van der Waals surface area contributed by atoms with Crippen LogP contribution in [0.2, 0.25) is 0 Å². The summed E-state index contributed by atoms with van der Waals surface area (Å²) < 4.78 is 22.1. The van der Waals surface area contributed by atoms with E-state index in [4.69, 9.17) is 18.9 Å². The van der Waals surface area contributed by atoms with E-state index in [-0.39, 0.29) is 36.9 Å². The van der Waals surface area contributed by atoms with Gasteiger partial charge in [0.25, 0.3) is 0 Å². The molecule has 1 N–H and O–H groups in total. The lowest BCUT2D eigenvalue weighted by Crippen LogP contribution is -2.37. The number of nitrogens with zero attached hydrogens (tertiary/aromatic N) is 4. The molecule has 2 heterocycles. The number of carbonyl (C=O) groups excluding carboxylic acids is 3. The molecule has 0 saturated carbocycles. The van der Waals surface area contributed by atoms with Gasteiger partial charge in [-0.15, -0.1) is 0 Å². The van der Waals surface area contributed by atoms with Gasteiger partial charge >= 0.3 is 0 Å². The number of nitrogens with one attached hydrogen (secondary N) is 1. The van der Waals surface area contributed by atoms with Gasteiger partial charge in [0.15, 0.2) is 0 Å². The Morgan fingerprint density at radius 3 is 2.21 bits per heavy atom. The number of para-hydroxylation sites is 1. The zero-order chi connectivity index (χ0) is 30.3. The lowest BCUT2D eigenvalue weighted by molar-refractivity contribution is -0.120. The van der Waals surface area contributed by atoms with Crippen molar-refractivity contribution >= 4 is 23.8 Å². The molecule has 0 fully saturated rings. The second-order valence-corrected chi connectivity index (χ2v) is 10.1. The number of hydrogen-bond acceptors (Lipinski definition) is 10. The molecule has 12 heteroatoms. The molecule has 2 aromatic carbocycles. The fourth-order valence-electron chi connectivity index (χ4n) is 5.11. The fourth-order valence-corrected chi connectivity index (χ4v) is 5.11. The van der Waals surface area contributed by atoms with E-state index in [0.717, 1.165) is 28.7 Å². The molecule has 43 heavy (non-hydrogen) atoms. The first-order chi connectivity index (χ1) is 21.1. The molecule has 2 atom stereocenters. The summed E-state index contributed by atoms with van der Waals surface area (Å²) in [6, 6.07) is 15.5. The molecule has 2 amide bonds. The predicted octanol–water partition coefficient (Wildman–Crippen LogP) is 3.18. The Kier molecular flexibility index (Phi) is 13.0. The van der Waals surface area contributed by atoms with Crippen LogP contribution in [0.15, 0.2) is 58.9 Å². The van der Waals surface area contributed by atoms with E-state index >= 15 is 0 Å². The Labute approximate surface area is 252 Å². The lowest BCUT2D eigenvalue weighted by Gasteiger charge is -2.35. The number of carbonyl (C=O) groups is 3. The number of aldehydes is 1. The highest BCUT2D eigenvalue weighted by Gasteiger charge is 2.40. The van der Waals surface area contributed by atoms with Crippen LogP contribution in [0.25, 0.3) is 0 Å². The molecule has 0 saturated heterocycles. The molecule has 0 aromatic heterocycles. The number of benzene rings is 2. The minimum Gasteiger partial charge on any atom is -0.379 e. The SMILES string of the molecule is CC(=O)NCCC(=O)N1Cc2ccccc2C2C(N=NN2CCOCCOCCOCCOCCC=O)c2ccccc21. The van der Waals surface area contributed by atoms with Crippen molar-refractivity contribution in [1.82, 2.24) is 10.3 Å². The summed E-state index contributed by atoms with van der Waals surface area (Å²) >= 11 is 0. The molecule has 2 unspecified atom stereocenters. The van der Waals surface area contributed by atoms with Crippen LogP contribution >= 0.6 is 0 Å². The van der Waals surface area contributed by atoms with Crippen LogP contribution in [0.4, 0.5) is 5.69 Å². The maximum atomic E-state index is 13.4. The van der Waals surface area contributed by atoms with Crippen molar-refractivity contribution in [2.75, 3.05) is 70.8 Å². The van der Waals surface area contributed by atoms with Gasteiger partial charge in [0.2, 0.25) is 11.8 Å². The second kappa shape index (κ2) is 17.4. The molecule has 4 rings (SSSR count). The summed E-state index contributed by atoms with van der Waals surface area (Å²) in [5.41, 5.74) is 3.85. The number of fused-ring (bicyclic) bond motifs is 5. The van der Waals surface area contributed by atoms with Crippen LogP contribution in [0.5, 0.6) is 0 Å². The Morgan fingerprint density at radius 1 is 0.884 bits per heavy atom. The van der Waals surface area contributed by atoms with Gasteiger partial charge in [-0.1, -0.05) is 47.7 Å². The van der Waals surface area contributed by atoms with Gasteiger partial charge in [0, 0.05) is 37.6 Å². The van der Waals surface area contributed by atoms with Crippen molar-refractivity contribution in [3.63, 3.8) is 0 Å². The summed E-state index contributed by atoms with van der Waals surface area (Å²) in [7, 11) is 0. The first-order valence-corrected chi connectivity index (χ1v) is 14.7. The van der Waals surface area contributed by atoms with E-state index in [0.29, 0.717) is 72.4 Å². The minimum atomic E-state index is -0.290. The number of rotatable bonds is 18. The standard InChI is InChI=1S/C31H41N5O7/c1-24(38)32-12-11-29(39)35-23-25-7-2-3-8-26(25)31-30(27-9-4-5-10-28(27)35)33-34-36(31)13-16-41-18-20-43-22-21-42-19-17-40-15-6-14-37/h2-5,7-10,14,30-31H,6,11-13,15-23H2,1H3,(H,32,38). The maximum Gasteiger partial charge on any atom is 0.229 e. The van der Waals surface area contributed by atoms with E-state index in [1.807, 2.05) is 47.5 Å². The fraction of sp³-hybridized carbons (Fsp3) is 0.516. The monoisotopic (exact) mass is 595 g/mol. The van der Waals surface area contributed by atoms with Crippen molar-refractivity contribution in [1.29, 1.82) is 0 Å². The van der Waals surface area contributed by atoms with Gasteiger partial charge < -0.3 is 34.0 Å². The Balaban J connectivity index is 1.30. The molecule has 12 nitrogen and oxygen atoms in total. The highest BCUT2D eigenvalue weighted by atomic mass is 16.6. The van der Waals surface area contributed by atoms with Crippen LogP contribution in [0.1, 0.15) is 48.5 Å². The zero-order valence-electron chi connectivity index (χ0n) is 24.7. The van der Waals surface area contributed by atoms with Crippen molar-refractivity contribution in [2.24, 2.45) is 10.3 Å². The average Bonchev–Trinajstić information content (AvgIpc) is 3.42. The first kappa shape index (κ1) is 32.2. The Bertz CT molecular complexity index is 1230. The summed E-state index contributed by atoms with van der Waals surface area (Å²) in [6.07, 6.45) is 1.43. The molecule has 0 bridgehead atoms. The number of ether oxygens (including phenoxy) is 4. The molecule has 0 radical (unpaired) electrons. The molecule has 0 aliphatic carbocycles. The smallest absolute Gasteiger partial charge is 0.229 e. The van der Waals surface area contributed by atoms with Crippen LogP contribution in [-0.4, -0.2) is 89.1 Å². The molecule has 2 aromatic rings. The van der Waals surface area contributed by atoms with Crippen molar-refractivity contribution in [2.45, 2.75) is 38.4 Å². The Hall–Kier alpha value is -3.71. The highest BCUT2D eigenvalue weighted by Crippen LogP contribution is 2.47. The van der Waals surface area contributed by atoms with Crippen molar-refractivity contribution < 1.29 is 33.3 Å². The quantitative estimate of drug-likeness (QED) is 0.205. The largest absolute Gasteiger partial charge is 0.379 e. The van der Waals surface area contributed by atoms with Gasteiger partial charge in [-0.2, -0.15) is 5.11 Å². The van der Waals surface area contributed by atoms with E-state index < -0.39 is 0 Å². The number of amides is 2. The average molecular weight is 596 g/mol. The van der Waals surface area contributed by atoms with Crippen molar-refractivity contribution in [3.05, 3.63) is 65.2 Å². The molecule has 2 aliphatic rings. The lowest BCUT2D eigenvalue weighted by atomic mass is 9.87. The third-order valence-electron chi connectivity index (χ3n) is 7.13. The predicted molar refractivity (Wildman–Crippen MR) is 158 cm³/mol. The Morgan fingerprint density at radius 2 is 1.51 bits per heavy atom. The third-order valence-corrected chi connectivity index (χ3v) is 7.13. The van der Waals surface area contributed by atoms with E-state index in [9.17, 15) is 14.4 Å². The van der Waals surface area contributed by atoms with Crippen LogP contribution in [0.3, 0.4) is 0 Å². The minimum absolute atomic E-state index is 0.0662.